The number of nitrogens with one attached hydrogen (secondary N) is 1. The van der Waals surface area contributed by atoms with Crippen molar-refractivity contribution >= 4 is 11.7 Å². The first-order valence-electron chi connectivity index (χ1n) is 7.34. The van der Waals surface area contributed by atoms with Gasteiger partial charge in [-0.2, -0.15) is 0 Å². The van der Waals surface area contributed by atoms with Gasteiger partial charge in [0, 0.05) is 36.9 Å². The summed E-state index contributed by atoms with van der Waals surface area (Å²) in [7, 11) is 0. The minimum atomic E-state index is -0.532. The highest BCUT2D eigenvalue weighted by Crippen LogP contribution is 2.37. The van der Waals surface area contributed by atoms with E-state index in [1.165, 1.54) is 12.6 Å². The van der Waals surface area contributed by atoms with Crippen molar-refractivity contribution in [1.29, 1.82) is 0 Å². The zero-order valence-corrected chi connectivity index (χ0v) is 12.7. The maximum absolute atomic E-state index is 11.3. The lowest BCUT2D eigenvalue weighted by atomic mass is 10.0. The molecule has 0 saturated carbocycles. The molecule has 0 aromatic carbocycles. The van der Waals surface area contributed by atoms with Crippen LogP contribution in [-0.4, -0.2) is 51.7 Å². The number of nitrogens with zero attached hydrogens (tertiary/aromatic N) is 3. The Morgan fingerprint density at radius 1 is 1.33 bits per heavy atom. The zero-order valence-electron chi connectivity index (χ0n) is 12.7. The highest BCUT2D eigenvalue weighted by atomic mass is 16.5. The number of anilines is 1. The molecule has 1 aromatic heterocycles. The zero-order chi connectivity index (χ0) is 15.2. The van der Waals surface area contributed by atoms with Crippen molar-refractivity contribution in [2.75, 3.05) is 18.0 Å². The molecule has 21 heavy (non-hydrogen) atoms. The molecule has 1 amide bonds. The van der Waals surface area contributed by atoms with Crippen LogP contribution < -0.4 is 10.4 Å². The predicted molar refractivity (Wildman–Crippen MR) is 79.5 cm³/mol. The average Bonchev–Trinajstić information content (AvgIpc) is 3.06. The molecule has 2 saturated heterocycles. The van der Waals surface area contributed by atoms with Gasteiger partial charge in [-0.1, -0.05) is 0 Å². The number of hydrogen-bond acceptors (Lipinski definition) is 5. The van der Waals surface area contributed by atoms with Crippen molar-refractivity contribution in [3.63, 3.8) is 0 Å². The Kier molecular flexibility index (Phi) is 3.37. The topological polar surface area (TPSA) is 68.7 Å². The Hall–Kier alpha value is -1.66. The standard InChI is InChI=1S/C15H22N4O2/c1-15(2,3)19-9-11-6-12(19)8-18(11)13-5-4-10(7-16-13)14(20)17-21/h4-5,7,11-12,21H,6,8-9H2,1-3H3,(H,17,20)/t11-,12-/m0/s1. The third-order valence-electron chi connectivity index (χ3n) is 4.51. The van der Waals surface area contributed by atoms with Crippen LogP contribution in [0.15, 0.2) is 18.3 Å². The van der Waals surface area contributed by atoms with Crippen LogP contribution in [-0.2, 0) is 0 Å². The van der Waals surface area contributed by atoms with Gasteiger partial charge in [-0.15, -0.1) is 0 Å². The molecule has 3 rings (SSSR count). The van der Waals surface area contributed by atoms with E-state index < -0.39 is 5.91 Å². The summed E-state index contributed by atoms with van der Waals surface area (Å²) in [5.74, 6) is 0.376. The molecule has 6 nitrogen and oxygen atoms in total. The Balaban J connectivity index is 1.72. The van der Waals surface area contributed by atoms with Crippen molar-refractivity contribution in [1.82, 2.24) is 15.4 Å². The van der Waals surface area contributed by atoms with E-state index in [0.29, 0.717) is 17.6 Å². The number of fused-ring (bicyclic) bond motifs is 2. The number of amides is 1. The Labute approximate surface area is 124 Å². The predicted octanol–water partition coefficient (Wildman–Crippen LogP) is 1.26. The number of likely N-dealkylation sites (tertiary alicyclic amines) is 1. The van der Waals surface area contributed by atoms with E-state index in [4.69, 9.17) is 5.21 Å². The fraction of sp³-hybridized carbons (Fsp3) is 0.600. The van der Waals surface area contributed by atoms with Crippen LogP contribution in [0.25, 0.3) is 0 Å². The Morgan fingerprint density at radius 3 is 2.57 bits per heavy atom. The summed E-state index contributed by atoms with van der Waals surface area (Å²) in [6, 6.07) is 4.63. The van der Waals surface area contributed by atoms with Gasteiger partial charge in [-0.3, -0.25) is 14.9 Å². The van der Waals surface area contributed by atoms with Gasteiger partial charge in [0.2, 0.25) is 0 Å². The van der Waals surface area contributed by atoms with Gasteiger partial charge < -0.3 is 4.90 Å². The summed E-state index contributed by atoms with van der Waals surface area (Å²) >= 11 is 0. The molecule has 6 heteroatoms. The summed E-state index contributed by atoms with van der Waals surface area (Å²) in [6.07, 6.45) is 2.69. The van der Waals surface area contributed by atoms with Gasteiger partial charge in [0.15, 0.2) is 0 Å². The van der Waals surface area contributed by atoms with Crippen LogP contribution in [0.2, 0.25) is 0 Å². The quantitative estimate of drug-likeness (QED) is 0.634. The molecule has 2 aliphatic heterocycles. The molecular weight excluding hydrogens is 268 g/mol. The highest BCUT2D eigenvalue weighted by Gasteiger charge is 2.47. The van der Waals surface area contributed by atoms with E-state index in [1.54, 1.807) is 11.5 Å². The second-order valence-corrected chi connectivity index (χ2v) is 6.86. The van der Waals surface area contributed by atoms with Crippen LogP contribution in [0, 0.1) is 0 Å². The van der Waals surface area contributed by atoms with Crippen LogP contribution in [0.5, 0.6) is 0 Å². The van der Waals surface area contributed by atoms with Crippen LogP contribution >= 0.6 is 0 Å². The first-order chi connectivity index (χ1) is 9.90. The number of pyridine rings is 1. The number of carbonyl (C=O) groups excluding carboxylic acids is 1. The summed E-state index contributed by atoms with van der Waals surface area (Å²) in [5.41, 5.74) is 2.19. The molecule has 0 spiro atoms. The summed E-state index contributed by atoms with van der Waals surface area (Å²) in [6.45, 7) is 8.84. The fourth-order valence-corrected chi connectivity index (χ4v) is 3.52. The number of carbonyl (C=O) groups is 1. The Morgan fingerprint density at radius 2 is 2.10 bits per heavy atom. The maximum Gasteiger partial charge on any atom is 0.276 e. The van der Waals surface area contributed by atoms with Crippen molar-refractivity contribution in [2.45, 2.75) is 44.8 Å². The third kappa shape index (κ3) is 2.49. The molecule has 3 heterocycles. The van der Waals surface area contributed by atoms with Gasteiger partial charge in [0.1, 0.15) is 5.82 Å². The van der Waals surface area contributed by atoms with E-state index in [2.05, 4.69) is 35.6 Å². The molecule has 2 bridgehead atoms. The number of hydroxylamine groups is 1. The maximum atomic E-state index is 11.3. The fourth-order valence-electron chi connectivity index (χ4n) is 3.52. The number of piperazine rings is 1. The lowest BCUT2D eigenvalue weighted by molar-refractivity contribution is 0.0706. The van der Waals surface area contributed by atoms with E-state index in [1.807, 2.05) is 6.07 Å². The second-order valence-electron chi connectivity index (χ2n) is 6.86. The molecule has 0 unspecified atom stereocenters. The first-order valence-corrected chi connectivity index (χ1v) is 7.34. The molecule has 0 radical (unpaired) electrons. The van der Waals surface area contributed by atoms with E-state index in [0.717, 1.165) is 18.9 Å². The summed E-state index contributed by atoms with van der Waals surface area (Å²) < 4.78 is 0. The van der Waals surface area contributed by atoms with Crippen molar-refractivity contribution in [3.8, 4) is 0 Å². The molecular formula is C15H22N4O2. The number of aromatic nitrogens is 1. The van der Waals surface area contributed by atoms with Crippen molar-refractivity contribution in [3.05, 3.63) is 23.9 Å². The highest BCUT2D eigenvalue weighted by molar-refractivity contribution is 5.93. The SMILES string of the molecule is CC(C)(C)N1C[C@@H]2C[C@H]1CN2c1ccc(C(=O)NO)cn1. The summed E-state index contributed by atoms with van der Waals surface area (Å²) in [5, 5.41) is 8.62. The Bertz CT molecular complexity index is 538. The van der Waals surface area contributed by atoms with Gasteiger partial charge in [-0.05, 0) is 39.3 Å². The van der Waals surface area contributed by atoms with Gasteiger partial charge >= 0.3 is 0 Å². The largest absolute Gasteiger partial charge is 0.351 e. The normalized spacial score (nSPS) is 25.4. The van der Waals surface area contributed by atoms with Crippen LogP contribution in [0.3, 0.4) is 0 Å². The smallest absolute Gasteiger partial charge is 0.276 e. The van der Waals surface area contributed by atoms with E-state index in [-0.39, 0.29) is 5.54 Å². The van der Waals surface area contributed by atoms with Crippen LogP contribution in [0.1, 0.15) is 37.6 Å². The van der Waals surface area contributed by atoms with Crippen LogP contribution in [0.4, 0.5) is 5.82 Å². The minimum Gasteiger partial charge on any atom is -0.351 e. The molecule has 0 aliphatic carbocycles. The van der Waals surface area contributed by atoms with Crippen molar-refractivity contribution < 1.29 is 10.0 Å². The molecule has 1 aromatic rings. The van der Waals surface area contributed by atoms with E-state index >= 15 is 0 Å². The second kappa shape index (κ2) is 4.96. The third-order valence-corrected chi connectivity index (χ3v) is 4.51. The number of hydrogen-bond donors (Lipinski definition) is 2. The molecule has 2 N–H and O–H groups in total. The first kappa shape index (κ1) is 14.3. The molecule has 2 fully saturated rings. The van der Waals surface area contributed by atoms with Gasteiger partial charge in [0.25, 0.3) is 5.91 Å². The molecule has 2 atom stereocenters. The van der Waals surface area contributed by atoms with E-state index in [9.17, 15) is 4.79 Å². The number of rotatable bonds is 2. The van der Waals surface area contributed by atoms with Gasteiger partial charge in [0.05, 0.1) is 5.56 Å². The lowest BCUT2D eigenvalue weighted by Gasteiger charge is -2.42. The molecule has 2 aliphatic rings. The molecule has 114 valence electrons. The average molecular weight is 290 g/mol. The van der Waals surface area contributed by atoms with Crippen molar-refractivity contribution in [2.24, 2.45) is 0 Å². The lowest BCUT2D eigenvalue weighted by Crippen LogP contribution is -2.53. The monoisotopic (exact) mass is 290 g/mol. The minimum absolute atomic E-state index is 0.210. The van der Waals surface area contributed by atoms with Gasteiger partial charge in [-0.25, -0.2) is 10.5 Å². The summed E-state index contributed by atoms with van der Waals surface area (Å²) in [4.78, 5) is 20.6.